The Morgan fingerprint density at radius 3 is 2.67 bits per heavy atom. The Morgan fingerprint density at radius 1 is 1.78 bits per heavy atom. The molecule has 1 atom stereocenters. The van der Waals surface area contributed by atoms with E-state index < -0.39 is 11.6 Å². The predicted octanol–water partition coefficient (Wildman–Crippen LogP) is -0.400. The summed E-state index contributed by atoms with van der Waals surface area (Å²) in [5.74, 6) is -0.917. The summed E-state index contributed by atoms with van der Waals surface area (Å²) in [6.07, 6.45) is 0.0995. The molecule has 1 heterocycles. The summed E-state index contributed by atoms with van der Waals surface area (Å²) in [5.41, 5.74) is 2.85. The molecule has 1 aliphatic rings. The zero-order valence-electron chi connectivity index (χ0n) is 4.89. The molecule has 1 aliphatic heterocycles. The molecule has 3 nitrogen and oxygen atoms in total. The molecular formula is C5H8FNO2. The Labute approximate surface area is 52.0 Å². The monoisotopic (exact) mass is 133 g/mol. The molecule has 0 aromatic carbocycles. The van der Waals surface area contributed by atoms with Crippen molar-refractivity contribution in [3.05, 3.63) is 0 Å². The number of alkyl halides is 1. The number of halogens is 1. The molecule has 1 rings (SSSR count). The molecular weight excluding hydrogens is 125 g/mol. The summed E-state index contributed by atoms with van der Waals surface area (Å²) in [5, 5.41) is 0. The molecule has 2 N–H and O–H groups in total. The lowest BCUT2D eigenvalue weighted by atomic mass is 10.1. The highest BCUT2D eigenvalue weighted by molar-refractivity contribution is 5.83. The van der Waals surface area contributed by atoms with Gasteiger partial charge in [-0.05, 0) is 0 Å². The van der Waals surface area contributed by atoms with Gasteiger partial charge in [-0.2, -0.15) is 0 Å². The molecule has 0 bridgehead atoms. The van der Waals surface area contributed by atoms with E-state index >= 15 is 0 Å². The summed E-state index contributed by atoms with van der Waals surface area (Å²) in [6, 6.07) is 0. The van der Waals surface area contributed by atoms with Crippen molar-refractivity contribution >= 4 is 5.91 Å². The fourth-order valence-electron chi connectivity index (χ4n) is 0.734. The lowest BCUT2D eigenvalue weighted by molar-refractivity contribution is -0.129. The van der Waals surface area contributed by atoms with Gasteiger partial charge in [-0.15, -0.1) is 0 Å². The number of carbonyl (C=O) groups is 1. The molecule has 1 saturated heterocycles. The van der Waals surface area contributed by atoms with Crippen LogP contribution in [0.2, 0.25) is 0 Å². The molecule has 0 aliphatic carbocycles. The second-order valence-electron chi connectivity index (χ2n) is 2.13. The fourth-order valence-corrected chi connectivity index (χ4v) is 0.734. The number of ether oxygens (including phenoxy) is 1. The van der Waals surface area contributed by atoms with Gasteiger partial charge in [0.1, 0.15) is 0 Å². The van der Waals surface area contributed by atoms with Gasteiger partial charge in [-0.3, -0.25) is 4.79 Å². The maximum Gasteiger partial charge on any atom is 0.257 e. The third-order valence-electron chi connectivity index (χ3n) is 1.42. The average molecular weight is 133 g/mol. The highest BCUT2D eigenvalue weighted by Crippen LogP contribution is 2.21. The number of primary amides is 1. The molecule has 0 aromatic heterocycles. The van der Waals surface area contributed by atoms with Crippen LogP contribution in [-0.2, 0) is 9.53 Å². The summed E-state index contributed by atoms with van der Waals surface area (Å²) in [4.78, 5) is 10.3. The molecule has 0 radical (unpaired) electrons. The number of hydrogen-bond donors (Lipinski definition) is 1. The number of nitrogens with two attached hydrogens (primary N) is 1. The van der Waals surface area contributed by atoms with Crippen molar-refractivity contribution in [2.75, 3.05) is 13.2 Å². The number of hydrogen-bond acceptors (Lipinski definition) is 2. The second-order valence-corrected chi connectivity index (χ2v) is 2.13. The molecule has 0 spiro atoms. The molecule has 4 heteroatoms. The van der Waals surface area contributed by atoms with E-state index in [4.69, 9.17) is 5.73 Å². The summed E-state index contributed by atoms with van der Waals surface area (Å²) in [6.45, 7) is 0.113. The van der Waals surface area contributed by atoms with Gasteiger partial charge in [0.15, 0.2) is 0 Å². The first-order valence-corrected chi connectivity index (χ1v) is 2.72. The smallest absolute Gasteiger partial charge is 0.257 e. The average Bonchev–Trinajstić information content (AvgIpc) is 2.16. The van der Waals surface area contributed by atoms with Crippen LogP contribution < -0.4 is 5.73 Å². The Morgan fingerprint density at radius 2 is 2.44 bits per heavy atom. The van der Waals surface area contributed by atoms with E-state index in [-0.39, 0.29) is 13.0 Å². The lowest BCUT2D eigenvalue weighted by Crippen LogP contribution is -2.39. The minimum atomic E-state index is -1.89. The highest BCUT2D eigenvalue weighted by atomic mass is 19.1. The van der Waals surface area contributed by atoms with Gasteiger partial charge < -0.3 is 10.5 Å². The van der Waals surface area contributed by atoms with E-state index in [9.17, 15) is 9.18 Å². The number of carbonyl (C=O) groups excluding carboxylic acids is 1. The second kappa shape index (κ2) is 1.95. The van der Waals surface area contributed by atoms with Crippen LogP contribution in [0.25, 0.3) is 0 Å². The standard InChI is InChI=1S/C5H8FNO2/c6-5(4(7)8)1-2-9-3-5/h1-3H2,(H2,7,8). The number of amides is 1. The first-order chi connectivity index (χ1) is 4.15. The normalized spacial score (nSPS) is 34.8. The molecule has 0 saturated carbocycles. The summed E-state index contributed by atoms with van der Waals surface area (Å²) < 4.78 is 17.5. The molecule has 1 amide bonds. The Kier molecular flexibility index (Phi) is 1.40. The molecule has 1 unspecified atom stereocenters. The minimum Gasteiger partial charge on any atom is -0.377 e. The third kappa shape index (κ3) is 1.03. The van der Waals surface area contributed by atoms with Crippen LogP contribution in [0.3, 0.4) is 0 Å². The van der Waals surface area contributed by atoms with E-state index in [1.165, 1.54) is 0 Å². The van der Waals surface area contributed by atoms with Gasteiger partial charge in [0, 0.05) is 6.42 Å². The zero-order chi connectivity index (χ0) is 6.91. The quantitative estimate of drug-likeness (QED) is 0.529. The van der Waals surface area contributed by atoms with Crippen molar-refractivity contribution in [2.24, 2.45) is 5.73 Å². The van der Waals surface area contributed by atoms with Crippen LogP contribution >= 0.6 is 0 Å². The van der Waals surface area contributed by atoms with Crippen LogP contribution in [0.4, 0.5) is 4.39 Å². The lowest BCUT2D eigenvalue weighted by Gasteiger charge is -2.10. The fraction of sp³-hybridized carbons (Fsp3) is 0.800. The van der Waals surface area contributed by atoms with E-state index in [1.807, 2.05) is 0 Å². The largest absolute Gasteiger partial charge is 0.377 e. The van der Waals surface area contributed by atoms with E-state index in [2.05, 4.69) is 4.74 Å². The highest BCUT2D eigenvalue weighted by Gasteiger charge is 2.40. The van der Waals surface area contributed by atoms with Crippen molar-refractivity contribution in [1.82, 2.24) is 0 Å². The molecule has 0 aromatic rings. The van der Waals surface area contributed by atoms with Crippen molar-refractivity contribution in [2.45, 2.75) is 12.1 Å². The summed E-state index contributed by atoms with van der Waals surface area (Å²) in [7, 11) is 0. The Hall–Kier alpha value is -0.640. The van der Waals surface area contributed by atoms with Crippen molar-refractivity contribution in [3.63, 3.8) is 0 Å². The van der Waals surface area contributed by atoms with Crippen molar-refractivity contribution in [1.29, 1.82) is 0 Å². The van der Waals surface area contributed by atoms with E-state index in [0.717, 1.165) is 0 Å². The first-order valence-electron chi connectivity index (χ1n) is 2.72. The maximum atomic E-state index is 12.8. The SMILES string of the molecule is NC(=O)C1(F)CCOC1. The predicted molar refractivity (Wildman–Crippen MR) is 28.5 cm³/mol. The van der Waals surface area contributed by atoms with Gasteiger partial charge in [0.2, 0.25) is 5.67 Å². The summed E-state index contributed by atoms with van der Waals surface area (Å²) >= 11 is 0. The maximum absolute atomic E-state index is 12.8. The van der Waals surface area contributed by atoms with Crippen molar-refractivity contribution < 1.29 is 13.9 Å². The van der Waals surface area contributed by atoms with Gasteiger partial charge in [-0.25, -0.2) is 4.39 Å². The topological polar surface area (TPSA) is 52.3 Å². The first kappa shape index (κ1) is 6.48. The molecule has 52 valence electrons. The molecule has 1 fully saturated rings. The van der Waals surface area contributed by atoms with Gasteiger partial charge >= 0.3 is 0 Å². The third-order valence-corrected chi connectivity index (χ3v) is 1.42. The zero-order valence-corrected chi connectivity index (χ0v) is 4.89. The van der Waals surface area contributed by atoms with Crippen LogP contribution in [0, 0.1) is 0 Å². The van der Waals surface area contributed by atoms with Gasteiger partial charge in [0.05, 0.1) is 13.2 Å². The Bertz CT molecular complexity index is 131. The van der Waals surface area contributed by atoms with Crippen LogP contribution in [0.15, 0.2) is 0 Å². The van der Waals surface area contributed by atoms with Gasteiger partial charge in [-0.1, -0.05) is 0 Å². The minimum absolute atomic E-state index is 0.0995. The van der Waals surface area contributed by atoms with Crippen molar-refractivity contribution in [3.8, 4) is 0 Å². The molecule has 9 heavy (non-hydrogen) atoms. The van der Waals surface area contributed by atoms with Crippen LogP contribution in [0.1, 0.15) is 6.42 Å². The van der Waals surface area contributed by atoms with Crippen LogP contribution in [0.5, 0.6) is 0 Å². The van der Waals surface area contributed by atoms with E-state index in [0.29, 0.717) is 6.61 Å². The van der Waals surface area contributed by atoms with Gasteiger partial charge in [0.25, 0.3) is 5.91 Å². The van der Waals surface area contributed by atoms with E-state index in [1.54, 1.807) is 0 Å². The van der Waals surface area contributed by atoms with Crippen LogP contribution in [-0.4, -0.2) is 24.8 Å². The number of rotatable bonds is 1. The Balaban J connectivity index is 2.61.